The van der Waals surface area contributed by atoms with Crippen LogP contribution in [0.3, 0.4) is 0 Å². The standard InChI is InChI=1S/C35H41N5O/c1-22-12-29(24-2-3-24)30(28-8-10-38-32(22)28)19-40-11-9-34(13-23(14-34)18-36)17-31(40)25-4-6-26(7-5-25)33(41)39-27-15-35(16-27)20-37-21-35/h4-8,10,12,23-24,27,31,37-38H,2-3,9,11,13-17,19-21H2,1H3,(H,39,41)/t23?,31-,34?/m0/s1. The summed E-state index contributed by atoms with van der Waals surface area (Å²) >= 11 is 0. The molecule has 3 saturated carbocycles. The van der Waals surface area contributed by atoms with Crippen LogP contribution in [0, 0.1) is 35.0 Å². The van der Waals surface area contributed by atoms with Crippen LogP contribution in [-0.2, 0) is 6.54 Å². The zero-order valence-corrected chi connectivity index (χ0v) is 24.1. The molecule has 3 aliphatic carbocycles. The van der Waals surface area contributed by atoms with E-state index in [1.807, 2.05) is 12.1 Å². The molecule has 6 heteroatoms. The van der Waals surface area contributed by atoms with E-state index in [2.05, 4.69) is 64.0 Å². The van der Waals surface area contributed by atoms with E-state index >= 15 is 0 Å². The second kappa shape index (κ2) is 9.44. The maximum absolute atomic E-state index is 13.0. The lowest BCUT2D eigenvalue weighted by molar-refractivity contribution is -0.0297. The SMILES string of the molecule is Cc1cc(C2CC2)c(CN2CCC3(CC(C#N)C3)C[C@H]2c2ccc(C(=O)NC3CC4(CNC4)C3)cc2)c2cc[nH]c12. The van der Waals surface area contributed by atoms with Crippen molar-refractivity contribution in [1.29, 1.82) is 5.26 Å². The lowest BCUT2D eigenvalue weighted by atomic mass is 9.56. The summed E-state index contributed by atoms with van der Waals surface area (Å²) < 4.78 is 0. The molecule has 2 spiro atoms. The second-order valence-corrected chi connectivity index (χ2v) is 14.3. The number of benzene rings is 2. The highest BCUT2D eigenvalue weighted by Gasteiger charge is 2.50. The van der Waals surface area contributed by atoms with Gasteiger partial charge in [0.25, 0.3) is 5.91 Å². The number of rotatable bonds is 6. The minimum absolute atomic E-state index is 0.0556. The Kier molecular flexibility index (Phi) is 5.89. The van der Waals surface area contributed by atoms with Gasteiger partial charge in [-0.05, 0) is 122 Å². The van der Waals surface area contributed by atoms with Gasteiger partial charge in [0, 0.05) is 60.3 Å². The molecule has 1 aromatic heterocycles. The summed E-state index contributed by atoms with van der Waals surface area (Å²) in [6.07, 6.45) is 11.2. The summed E-state index contributed by atoms with van der Waals surface area (Å²) in [6, 6.07) is 16.3. The number of aryl methyl sites for hydroxylation is 1. The van der Waals surface area contributed by atoms with Gasteiger partial charge in [-0.25, -0.2) is 0 Å². The quantitative estimate of drug-likeness (QED) is 0.349. The molecule has 212 valence electrons. The average molecular weight is 548 g/mol. The van der Waals surface area contributed by atoms with E-state index < -0.39 is 0 Å². The topological polar surface area (TPSA) is 83.9 Å². The summed E-state index contributed by atoms with van der Waals surface area (Å²) in [4.78, 5) is 19.2. The van der Waals surface area contributed by atoms with E-state index in [0.717, 1.165) is 63.8 Å². The molecule has 3 heterocycles. The number of fused-ring (bicyclic) bond motifs is 1. The Morgan fingerprint density at radius 2 is 1.85 bits per heavy atom. The van der Waals surface area contributed by atoms with Crippen molar-refractivity contribution in [2.24, 2.45) is 16.7 Å². The number of aromatic nitrogens is 1. The number of nitrogens with one attached hydrogen (secondary N) is 3. The van der Waals surface area contributed by atoms with Gasteiger partial charge in [-0.1, -0.05) is 18.2 Å². The van der Waals surface area contributed by atoms with Crippen molar-refractivity contribution in [3.8, 4) is 6.07 Å². The molecular weight excluding hydrogens is 506 g/mol. The van der Waals surface area contributed by atoms with Crippen molar-refractivity contribution in [3.63, 3.8) is 0 Å². The molecule has 0 unspecified atom stereocenters. The van der Waals surface area contributed by atoms with Crippen LogP contribution in [0.25, 0.3) is 10.9 Å². The summed E-state index contributed by atoms with van der Waals surface area (Å²) in [5.41, 5.74) is 8.45. The van der Waals surface area contributed by atoms with Gasteiger partial charge >= 0.3 is 0 Å². The first kappa shape index (κ1) is 25.6. The lowest BCUT2D eigenvalue weighted by Crippen LogP contribution is -2.65. The molecule has 41 heavy (non-hydrogen) atoms. The van der Waals surface area contributed by atoms with Crippen LogP contribution in [0.15, 0.2) is 42.6 Å². The Bertz CT molecular complexity index is 1520. The number of aromatic amines is 1. The fourth-order valence-electron chi connectivity index (χ4n) is 8.76. The van der Waals surface area contributed by atoms with Crippen LogP contribution in [-0.4, -0.2) is 41.5 Å². The smallest absolute Gasteiger partial charge is 0.251 e. The molecule has 2 aliphatic heterocycles. The number of likely N-dealkylation sites (tertiary alicyclic amines) is 1. The van der Waals surface area contributed by atoms with Crippen molar-refractivity contribution in [2.45, 2.75) is 82.8 Å². The van der Waals surface area contributed by atoms with Crippen LogP contribution in [0.1, 0.15) is 95.9 Å². The predicted octanol–water partition coefficient (Wildman–Crippen LogP) is 6.09. The van der Waals surface area contributed by atoms with Crippen LogP contribution in [0.5, 0.6) is 0 Å². The molecule has 2 saturated heterocycles. The Morgan fingerprint density at radius 3 is 2.54 bits per heavy atom. The number of hydrogen-bond acceptors (Lipinski definition) is 4. The highest BCUT2D eigenvalue weighted by molar-refractivity contribution is 5.94. The number of piperidine rings is 1. The molecule has 1 atom stereocenters. The molecule has 3 N–H and O–H groups in total. The van der Waals surface area contributed by atoms with Gasteiger partial charge in [0.05, 0.1) is 6.07 Å². The number of hydrogen-bond donors (Lipinski definition) is 3. The third-order valence-corrected chi connectivity index (χ3v) is 11.4. The van der Waals surface area contributed by atoms with Crippen molar-refractivity contribution in [3.05, 3.63) is 70.4 Å². The fraction of sp³-hybridized carbons (Fsp3) is 0.543. The minimum atomic E-state index is 0.0556. The number of carbonyl (C=O) groups excluding carboxylic acids is 1. The molecule has 1 amide bonds. The Balaban J connectivity index is 1.05. The molecular formula is C35H41N5O. The summed E-state index contributed by atoms with van der Waals surface area (Å²) in [7, 11) is 0. The molecule has 0 bridgehead atoms. The molecule has 5 fully saturated rings. The van der Waals surface area contributed by atoms with Crippen molar-refractivity contribution in [1.82, 2.24) is 20.5 Å². The van der Waals surface area contributed by atoms with Gasteiger partial charge in [-0.2, -0.15) is 5.26 Å². The number of H-pyrrole nitrogens is 1. The van der Waals surface area contributed by atoms with E-state index in [1.165, 1.54) is 46.9 Å². The van der Waals surface area contributed by atoms with Gasteiger partial charge in [0.2, 0.25) is 0 Å². The average Bonchev–Trinajstić information content (AvgIpc) is 3.64. The highest BCUT2D eigenvalue weighted by atomic mass is 16.1. The van der Waals surface area contributed by atoms with E-state index in [0.29, 0.717) is 23.4 Å². The molecule has 6 nitrogen and oxygen atoms in total. The second-order valence-electron chi connectivity index (χ2n) is 14.3. The van der Waals surface area contributed by atoms with Crippen molar-refractivity contribution in [2.75, 3.05) is 19.6 Å². The highest BCUT2D eigenvalue weighted by Crippen LogP contribution is 2.57. The largest absolute Gasteiger partial charge is 0.361 e. The van der Waals surface area contributed by atoms with Crippen LogP contribution < -0.4 is 10.6 Å². The van der Waals surface area contributed by atoms with Crippen LogP contribution >= 0.6 is 0 Å². The van der Waals surface area contributed by atoms with Gasteiger partial charge in [0.15, 0.2) is 0 Å². The number of amides is 1. The summed E-state index contributed by atoms with van der Waals surface area (Å²) in [5.74, 6) is 0.970. The molecule has 0 radical (unpaired) electrons. The lowest BCUT2D eigenvalue weighted by Gasteiger charge is -2.54. The van der Waals surface area contributed by atoms with E-state index in [1.54, 1.807) is 5.56 Å². The summed E-state index contributed by atoms with van der Waals surface area (Å²) in [6.45, 7) is 6.43. The third kappa shape index (κ3) is 4.40. The van der Waals surface area contributed by atoms with E-state index in [4.69, 9.17) is 0 Å². The van der Waals surface area contributed by atoms with E-state index in [9.17, 15) is 10.1 Å². The predicted molar refractivity (Wildman–Crippen MR) is 160 cm³/mol. The first-order chi connectivity index (χ1) is 19.9. The molecule has 8 rings (SSSR count). The number of nitrogens with zero attached hydrogens (tertiary/aromatic N) is 2. The number of nitriles is 1. The zero-order valence-electron chi connectivity index (χ0n) is 24.1. The van der Waals surface area contributed by atoms with Crippen LogP contribution in [0.4, 0.5) is 0 Å². The third-order valence-electron chi connectivity index (χ3n) is 11.4. The molecule has 5 aliphatic rings. The zero-order chi connectivity index (χ0) is 27.8. The Morgan fingerprint density at radius 1 is 1.07 bits per heavy atom. The van der Waals surface area contributed by atoms with Gasteiger partial charge < -0.3 is 15.6 Å². The molecule has 3 aromatic rings. The maximum atomic E-state index is 13.0. The van der Waals surface area contributed by atoms with Crippen molar-refractivity contribution < 1.29 is 4.79 Å². The first-order valence-corrected chi connectivity index (χ1v) is 15.8. The van der Waals surface area contributed by atoms with Gasteiger partial charge in [-0.15, -0.1) is 0 Å². The van der Waals surface area contributed by atoms with E-state index in [-0.39, 0.29) is 17.2 Å². The summed E-state index contributed by atoms with van der Waals surface area (Å²) in [5, 5.41) is 17.5. The minimum Gasteiger partial charge on any atom is -0.361 e. The Labute approximate surface area is 242 Å². The van der Waals surface area contributed by atoms with Crippen LogP contribution in [0.2, 0.25) is 0 Å². The first-order valence-electron chi connectivity index (χ1n) is 15.8. The van der Waals surface area contributed by atoms with Gasteiger partial charge in [-0.3, -0.25) is 9.69 Å². The maximum Gasteiger partial charge on any atom is 0.251 e. The fourth-order valence-corrected chi connectivity index (χ4v) is 8.76. The normalized spacial score (nSPS) is 25.4. The number of carbonyl (C=O) groups is 1. The van der Waals surface area contributed by atoms with Crippen molar-refractivity contribution >= 4 is 16.8 Å². The molecule has 2 aromatic carbocycles. The van der Waals surface area contributed by atoms with Gasteiger partial charge in [0.1, 0.15) is 0 Å². The monoisotopic (exact) mass is 547 g/mol. The Hall–Kier alpha value is -3.14.